The Morgan fingerprint density at radius 1 is 1.37 bits per heavy atom. The van der Waals surface area contributed by atoms with Crippen LogP contribution in [0.15, 0.2) is 12.1 Å². The zero-order valence-corrected chi connectivity index (χ0v) is 11.7. The molecule has 19 heavy (non-hydrogen) atoms. The lowest BCUT2D eigenvalue weighted by Gasteiger charge is -2.19. The topological polar surface area (TPSA) is 60.8 Å². The summed E-state index contributed by atoms with van der Waals surface area (Å²) in [6.45, 7) is 2.53. The molecule has 2 N–H and O–H groups in total. The monoisotopic (exact) mass is 263 g/mol. The van der Waals surface area contributed by atoms with Crippen molar-refractivity contribution >= 4 is 5.97 Å². The van der Waals surface area contributed by atoms with Gasteiger partial charge in [0.1, 0.15) is 5.75 Å². The molecule has 0 atom stereocenters. The number of phenols is 1. The van der Waals surface area contributed by atoms with Gasteiger partial charge >= 0.3 is 5.97 Å². The van der Waals surface area contributed by atoms with Crippen LogP contribution in [0.25, 0.3) is 0 Å². The van der Waals surface area contributed by atoms with Crippen molar-refractivity contribution < 1.29 is 15.0 Å². The van der Waals surface area contributed by atoms with Gasteiger partial charge in [-0.25, -0.2) is 0 Å². The smallest absolute Gasteiger partial charge is 0.304 e. The van der Waals surface area contributed by atoms with Crippen molar-refractivity contribution in [1.29, 1.82) is 0 Å². The summed E-state index contributed by atoms with van der Waals surface area (Å²) in [7, 11) is 3.90. The Balaban J connectivity index is 2.37. The number of phenolic OH excluding ortho intramolecular Hbond substituents is 1. The number of aryl methyl sites for hydroxylation is 1. The van der Waals surface area contributed by atoms with Gasteiger partial charge in [0.05, 0.1) is 6.42 Å². The minimum atomic E-state index is -0.752. The lowest BCUT2D eigenvalue weighted by molar-refractivity contribution is -0.137. The zero-order chi connectivity index (χ0) is 14.2. The van der Waals surface area contributed by atoms with E-state index in [4.69, 9.17) is 5.11 Å². The number of carboxylic acids is 1. The van der Waals surface area contributed by atoms with E-state index in [-0.39, 0.29) is 11.8 Å². The molecule has 1 aromatic carbocycles. The Morgan fingerprint density at radius 2 is 2.00 bits per heavy atom. The highest BCUT2D eigenvalue weighted by Crippen LogP contribution is 2.52. The molecule has 0 bridgehead atoms. The van der Waals surface area contributed by atoms with Crippen LogP contribution in [0.2, 0.25) is 0 Å². The molecule has 0 aromatic heterocycles. The Hall–Kier alpha value is -1.55. The van der Waals surface area contributed by atoms with E-state index in [1.165, 1.54) is 0 Å². The van der Waals surface area contributed by atoms with Crippen molar-refractivity contribution in [3.63, 3.8) is 0 Å². The van der Waals surface area contributed by atoms with Gasteiger partial charge in [0.2, 0.25) is 0 Å². The van der Waals surface area contributed by atoms with Gasteiger partial charge in [-0.05, 0) is 45.0 Å². The maximum atomic E-state index is 11.0. The molecule has 0 spiro atoms. The van der Waals surface area contributed by atoms with E-state index in [0.29, 0.717) is 12.3 Å². The third kappa shape index (κ3) is 2.89. The summed E-state index contributed by atoms with van der Waals surface area (Å²) in [5.41, 5.74) is 2.55. The molecule has 4 heteroatoms. The largest absolute Gasteiger partial charge is 0.507 e. The van der Waals surface area contributed by atoms with Crippen LogP contribution in [0, 0.1) is 6.92 Å². The average molecular weight is 263 g/mol. The summed E-state index contributed by atoms with van der Waals surface area (Å²) in [5.74, 6) is -0.430. The molecule has 104 valence electrons. The molecule has 0 radical (unpaired) electrons. The molecule has 0 unspecified atom stereocenters. The van der Waals surface area contributed by atoms with E-state index >= 15 is 0 Å². The highest BCUT2D eigenvalue weighted by atomic mass is 16.4. The van der Waals surface area contributed by atoms with Crippen LogP contribution in [0.3, 0.4) is 0 Å². The Bertz CT molecular complexity index is 504. The standard InChI is InChI=1S/C15H21NO3/c1-10-6-12(15(4-5-15)8-13(17)18)7-11(14(10)19)9-16(2)3/h6-7,19H,4-5,8-9H2,1-3H3,(H,17,18). The van der Waals surface area contributed by atoms with Crippen molar-refractivity contribution in [1.82, 2.24) is 4.90 Å². The van der Waals surface area contributed by atoms with E-state index in [9.17, 15) is 9.90 Å². The third-order valence-corrected chi connectivity index (χ3v) is 3.82. The molecule has 1 aliphatic carbocycles. The van der Waals surface area contributed by atoms with E-state index in [2.05, 4.69) is 0 Å². The Morgan fingerprint density at radius 3 is 2.47 bits per heavy atom. The zero-order valence-electron chi connectivity index (χ0n) is 11.7. The van der Waals surface area contributed by atoms with Crippen LogP contribution in [0.5, 0.6) is 5.75 Å². The second kappa shape index (κ2) is 4.85. The van der Waals surface area contributed by atoms with Crippen LogP contribution in [0.1, 0.15) is 36.0 Å². The maximum Gasteiger partial charge on any atom is 0.304 e. The molecule has 1 saturated carbocycles. The van der Waals surface area contributed by atoms with Gasteiger partial charge in [-0.2, -0.15) is 0 Å². The van der Waals surface area contributed by atoms with Crippen molar-refractivity contribution in [2.75, 3.05) is 14.1 Å². The number of carbonyl (C=O) groups is 1. The minimum absolute atomic E-state index is 0.179. The molecule has 0 saturated heterocycles. The number of benzene rings is 1. The Kier molecular flexibility index (Phi) is 3.54. The van der Waals surface area contributed by atoms with Crippen molar-refractivity contribution in [3.8, 4) is 5.75 Å². The lowest BCUT2D eigenvalue weighted by Crippen LogP contribution is -2.15. The molecular weight excluding hydrogens is 242 g/mol. The van der Waals surface area contributed by atoms with Gasteiger partial charge in [0.25, 0.3) is 0 Å². The summed E-state index contributed by atoms with van der Waals surface area (Å²) in [5, 5.41) is 19.1. The van der Waals surface area contributed by atoms with Gasteiger partial charge < -0.3 is 15.1 Å². The average Bonchev–Trinajstić information content (AvgIpc) is 3.03. The Labute approximate surface area is 113 Å². The van der Waals surface area contributed by atoms with Gasteiger partial charge in [-0.15, -0.1) is 0 Å². The van der Waals surface area contributed by atoms with E-state index < -0.39 is 5.97 Å². The quantitative estimate of drug-likeness (QED) is 0.855. The fourth-order valence-corrected chi connectivity index (χ4v) is 2.63. The molecular formula is C15H21NO3. The van der Waals surface area contributed by atoms with Gasteiger partial charge in [-0.1, -0.05) is 12.1 Å². The molecule has 1 aliphatic rings. The molecule has 0 amide bonds. The van der Waals surface area contributed by atoms with Crippen LogP contribution < -0.4 is 0 Å². The van der Waals surface area contributed by atoms with E-state index in [0.717, 1.165) is 29.5 Å². The first-order chi connectivity index (χ1) is 8.84. The van der Waals surface area contributed by atoms with Crippen molar-refractivity contribution in [2.24, 2.45) is 0 Å². The van der Waals surface area contributed by atoms with Crippen LogP contribution >= 0.6 is 0 Å². The summed E-state index contributed by atoms with van der Waals surface area (Å²) in [4.78, 5) is 13.0. The first-order valence-corrected chi connectivity index (χ1v) is 6.53. The van der Waals surface area contributed by atoms with Crippen molar-refractivity contribution in [2.45, 2.75) is 38.1 Å². The SMILES string of the molecule is Cc1cc(C2(CC(=O)O)CC2)cc(CN(C)C)c1O. The molecule has 1 aromatic rings. The number of carboxylic acid groups (broad SMARTS) is 1. The van der Waals surface area contributed by atoms with Crippen molar-refractivity contribution in [3.05, 3.63) is 28.8 Å². The number of rotatable bonds is 5. The molecule has 1 fully saturated rings. The highest BCUT2D eigenvalue weighted by molar-refractivity contribution is 5.70. The van der Waals surface area contributed by atoms with E-state index in [1.54, 1.807) is 0 Å². The summed E-state index contributed by atoms with van der Waals surface area (Å²) < 4.78 is 0. The normalized spacial score (nSPS) is 16.6. The maximum absolute atomic E-state index is 11.0. The summed E-state index contributed by atoms with van der Waals surface area (Å²) in [6.07, 6.45) is 2.02. The van der Waals surface area contributed by atoms with Crippen LogP contribution in [-0.4, -0.2) is 35.2 Å². The number of hydrogen-bond acceptors (Lipinski definition) is 3. The second-order valence-electron chi connectivity index (χ2n) is 5.89. The molecule has 0 heterocycles. The van der Waals surface area contributed by atoms with Gasteiger partial charge in [0, 0.05) is 17.5 Å². The number of hydrogen-bond donors (Lipinski definition) is 2. The lowest BCUT2D eigenvalue weighted by atomic mass is 9.89. The minimum Gasteiger partial charge on any atom is -0.507 e. The van der Waals surface area contributed by atoms with E-state index in [1.807, 2.05) is 38.1 Å². The van der Waals surface area contributed by atoms with Gasteiger partial charge in [-0.3, -0.25) is 4.79 Å². The fourth-order valence-electron chi connectivity index (χ4n) is 2.63. The van der Waals surface area contributed by atoms with Crippen LogP contribution in [0.4, 0.5) is 0 Å². The predicted molar refractivity (Wildman–Crippen MR) is 73.4 cm³/mol. The number of nitrogens with zero attached hydrogens (tertiary/aromatic N) is 1. The molecule has 0 aliphatic heterocycles. The first-order valence-electron chi connectivity index (χ1n) is 6.53. The van der Waals surface area contributed by atoms with Gasteiger partial charge in [0.15, 0.2) is 0 Å². The molecule has 2 rings (SSSR count). The van der Waals surface area contributed by atoms with Crippen LogP contribution in [-0.2, 0) is 16.8 Å². The summed E-state index contributed by atoms with van der Waals surface area (Å²) >= 11 is 0. The highest BCUT2D eigenvalue weighted by Gasteiger charge is 2.46. The second-order valence-corrected chi connectivity index (χ2v) is 5.89. The number of aliphatic carboxylic acids is 1. The number of aromatic hydroxyl groups is 1. The summed E-state index contributed by atoms with van der Waals surface area (Å²) in [6, 6.07) is 3.91. The fraction of sp³-hybridized carbons (Fsp3) is 0.533. The first kappa shape index (κ1) is 13.9. The predicted octanol–water partition coefficient (Wildman–Crippen LogP) is 2.27. The third-order valence-electron chi connectivity index (χ3n) is 3.82. The molecule has 4 nitrogen and oxygen atoms in total.